The smallest absolute Gasteiger partial charge is 0.0438 e. The molecular formula is C13H26N2OS. The first-order valence-electron chi connectivity index (χ1n) is 6.99. The first-order valence-corrected chi connectivity index (χ1v) is 8.14. The molecular weight excluding hydrogens is 232 g/mol. The summed E-state index contributed by atoms with van der Waals surface area (Å²) in [7, 11) is 0. The van der Waals surface area contributed by atoms with Crippen LogP contribution in [0.3, 0.4) is 0 Å². The second-order valence-corrected chi connectivity index (χ2v) is 6.58. The van der Waals surface area contributed by atoms with Crippen LogP contribution in [0.2, 0.25) is 0 Å². The molecule has 1 aliphatic carbocycles. The van der Waals surface area contributed by atoms with Crippen molar-refractivity contribution in [3.8, 4) is 0 Å². The van der Waals surface area contributed by atoms with Crippen LogP contribution in [-0.4, -0.2) is 59.3 Å². The lowest BCUT2D eigenvalue weighted by Crippen LogP contribution is -2.35. The first kappa shape index (κ1) is 13.7. The van der Waals surface area contributed by atoms with Crippen molar-refractivity contribution in [2.45, 2.75) is 50.7 Å². The zero-order valence-electron chi connectivity index (χ0n) is 10.9. The van der Waals surface area contributed by atoms with Crippen molar-refractivity contribution in [3.63, 3.8) is 0 Å². The highest BCUT2D eigenvalue weighted by Gasteiger charge is 2.38. The normalized spacial score (nSPS) is 30.0. The van der Waals surface area contributed by atoms with Gasteiger partial charge in [0.25, 0.3) is 0 Å². The molecule has 1 heterocycles. The molecule has 2 unspecified atom stereocenters. The third-order valence-corrected chi connectivity index (χ3v) is 4.84. The molecule has 2 fully saturated rings. The van der Waals surface area contributed by atoms with Crippen molar-refractivity contribution in [3.05, 3.63) is 0 Å². The van der Waals surface area contributed by atoms with Crippen LogP contribution < -0.4 is 5.32 Å². The van der Waals surface area contributed by atoms with Crippen molar-refractivity contribution in [2.75, 3.05) is 31.2 Å². The van der Waals surface area contributed by atoms with Gasteiger partial charge in [-0.2, -0.15) is 11.8 Å². The highest BCUT2D eigenvalue weighted by molar-refractivity contribution is 7.99. The molecule has 1 aliphatic heterocycles. The Morgan fingerprint density at radius 2 is 2.18 bits per heavy atom. The van der Waals surface area contributed by atoms with E-state index in [0.29, 0.717) is 12.6 Å². The molecule has 4 heteroatoms. The monoisotopic (exact) mass is 258 g/mol. The van der Waals surface area contributed by atoms with E-state index in [0.717, 1.165) is 30.8 Å². The van der Waals surface area contributed by atoms with Crippen LogP contribution in [0.4, 0.5) is 0 Å². The highest BCUT2D eigenvalue weighted by atomic mass is 32.2. The van der Waals surface area contributed by atoms with Crippen LogP contribution in [0.1, 0.15) is 32.6 Å². The van der Waals surface area contributed by atoms with Crippen LogP contribution in [0, 0.1) is 0 Å². The van der Waals surface area contributed by atoms with Gasteiger partial charge in [0.1, 0.15) is 0 Å². The van der Waals surface area contributed by atoms with E-state index < -0.39 is 0 Å². The van der Waals surface area contributed by atoms with Gasteiger partial charge >= 0.3 is 0 Å². The van der Waals surface area contributed by atoms with Crippen LogP contribution in [-0.2, 0) is 0 Å². The first-order chi connectivity index (χ1) is 8.31. The molecule has 3 nitrogen and oxygen atoms in total. The average Bonchev–Trinajstić information content (AvgIpc) is 3.08. The minimum atomic E-state index is 0.330. The fourth-order valence-electron chi connectivity index (χ4n) is 2.72. The highest BCUT2D eigenvalue weighted by Crippen LogP contribution is 2.33. The second kappa shape index (κ2) is 6.98. The number of nitrogens with one attached hydrogen (secondary N) is 1. The third kappa shape index (κ3) is 4.43. The van der Waals surface area contributed by atoms with E-state index in [1.165, 1.54) is 31.6 Å². The average molecular weight is 258 g/mol. The molecule has 2 rings (SSSR count). The Balaban J connectivity index is 1.52. The van der Waals surface area contributed by atoms with Gasteiger partial charge in [0.15, 0.2) is 0 Å². The Bertz CT molecular complexity index is 223. The molecule has 0 bridgehead atoms. The Hall–Kier alpha value is 0.230. The fourth-order valence-corrected chi connectivity index (χ4v) is 3.52. The molecule has 17 heavy (non-hydrogen) atoms. The summed E-state index contributed by atoms with van der Waals surface area (Å²) in [4.78, 5) is 2.69. The SMILES string of the molecule is CC1CC(NCCSCCCO)CN1C1CC1. The lowest BCUT2D eigenvalue weighted by atomic mass is 10.2. The van der Waals surface area contributed by atoms with E-state index in [1.54, 1.807) is 0 Å². The summed E-state index contributed by atoms with van der Waals surface area (Å²) in [6, 6.07) is 2.40. The zero-order valence-corrected chi connectivity index (χ0v) is 11.7. The molecule has 2 aliphatic rings. The summed E-state index contributed by atoms with van der Waals surface area (Å²) in [6.07, 6.45) is 5.10. The molecule has 0 radical (unpaired) electrons. The Labute approximate surface area is 109 Å². The summed E-state index contributed by atoms with van der Waals surface area (Å²) >= 11 is 1.95. The van der Waals surface area contributed by atoms with Gasteiger partial charge in [0.05, 0.1) is 0 Å². The van der Waals surface area contributed by atoms with E-state index >= 15 is 0 Å². The maximum atomic E-state index is 8.68. The van der Waals surface area contributed by atoms with E-state index in [1.807, 2.05) is 11.8 Å². The second-order valence-electron chi connectivity index (χ2n) is 5.35. The molecule has 0 amide bonds. The topological polar surface area (TPSA) is 35.5 Å². The lowest BCUT2D eigenvalue weighted by molar-refractivity contribution is 0.255. The summed E-state index contributed by atoms with van der Waals surface area (Å²) in [6.45, 7) is 5.08. The molecule has 0 aromatic heterocycles. The van der Waals surface area contributed by atoms with Gasteiger partial charge in [0, 0.05) is 43.6 Å². The van der Waals surface area contributed by atoms with Gasteiger partial charge in [0.2, 0.25) is 0 Å². The molecule has 0 aromatic rings. The number of thioether (sulfide) groups is 1. The minimum Gasteiger partial charge on any atom is -0.396 e. The molecule has 1 saturated carbocycles. The minimum absolute atomic E-state index is 0.330. The van der Waals surface area contributed by atoms with E-state index in [2.05, 4.69) is 17.1 Å². The molecule has 0 aromatic carbocycles. The summed E-state index contributed by atoms with van der Waals surface area (Å²) in [5, 5.41) is 12.4. The van der Waals surface area contributed by atoms with Crippen molar-refractivity contribution in [2.24, 2.45) is 0 Å². The Morgan fingerprint density at radius 3 is 2.88 bits per heavy atom. The summed E-state index contributed by atoms with van der Waals surface area (Å²) in [5.41, 5.74) is 0. The van der Waals surface area contributed by atoms with Crippen LogP contribution in [0.5, 0.6) is 0 Å². The third-order valence-electron chi connectivity index (χ3n) is 3.77. The maximum absolute atomic E-state index is 8.68. The largest absolute Gasteiger partial charge is 0.396 e. The number of likely N-dealkylation sites (tertiary alicyclic amines) is 1. The van der Waals surface area contributed by atoms with Crippen molar-refractivity contribution >= 4 is 11.8 Å². The van der Waals surface area contributed by atoms with Crippen molar-refractivity contribution in [1.29, 1.82) is 0 Å². The predicted octanol–water partition coefficient (Wildman–Crippen LogP) is 1.32. The number of aliphatic hydroxyl groups excluding tert-OH is 1. The molecule has 100 valence electrons. The van der Waals surface area contributed by atoms with Gasteiger partial charge in [-0.3, -0.25) is 4.90 Å². The van der Waals surface area contributed by atoms with Crippen molar-refractivity contribution < 1.29 is 5.11 Å². The maximum Gasteiger partial charge on any atom is 0.0438 e. The van der Waals surface area contributed by atoms with E-state index in [-0.39, 0.29) is 0 Å². The lowest BCUT2D eigenvalue weighted by Gasteiger charge is -2.19. The predicted molar refractivity (Wildman–Crippen MR) is 74.6 cm³/mol. The van der Waals surface area contributed by atoms with Gasteiger partial charge in [-0.05, 0) is 38.4 Å². The summed E-state index contributed by atoms with van der Waals surface area (Å²) < 4.78 is 0. The Kier molecular flexibility index (Phi) is 5.60. The molecule has 2 atom stereocenters. The Morgan fingerprint density at radius 1 is 1.35 bits per heavy atom. The van der Waals surface area contributed by atoms with E-state index in [4.69, 9.17) is 5.11 Å². The van der Waals surface area contributed by atoms with Gasteiger partial charge in [-0.1, -0.05) is 0 Å². The number of hydrogen-bond acceptors (Lipinski definition) is 4. The zero-order chi connectivity index (χ0) is 12.1. The molecule has 1 saturated heterocycles. The van der Waals surface area contributed by atoms with Crippen molar-refractivity contribution in [1.82, 2.24) is 10.2 Å². The van der Waals surface area contributed by atoms with Crippen LogP contribution >= 0.6 is 11.8 Å². The van der Waals surface area contributed by atoms with Crippen LogP contribution in [0.25, 0.3) is 0 Å². The fraction of sp³-hybridized carbons (Fsp3) is 1.00. The standard InChI is InChI=1S/C13H26N2OS/c1-11-9-12(10-15(11)13-3-4-13)14-5-8-17-7-2-6-16/h11-14,16H,2-10H2,1H3. The molecule has 2 N–H and O–H groups in total. The van der Waals surface area contributed by atoms with Gasteiger partial charge in [-0.25, -0.2) is 0 Å². The summed E-state index contributed by atoms with van der Waals surface area (Å²) in [5.74, 6) is 2.27. The van der Waals surface area contributed by atoms with Gasteiger partial charge < -0.3 is 10.4 Å². The van der Waals surface area contributed by atoms with Gasteiger partial charge in [-0.15, -0.1) is 0 Å². The number of aliphatic hydroxyl groups is 1. The quantitative estimate of drug-likeness (QED) is 0.644. The number of hydrogen-bond donors (Lipinski definition) is 2. The van der Waals surface area contributed by atoms with Crippen LogP contribution in [0.15, 0.2) is 0 Å². The van der Waals surface area contributed by atoms with E-state index in [9.17, 15) is 0 Å². The number of nitrogens with zero attached hydrogens (tertiary/aromatic N) is 1. The molecule has 0 spiro atoms. The number of rotatable bonds is 8.